The number of hydrazone groups is 1. The fraction of sp³-hybridized carbons (Fsp3) is 0.818. The zero-order chi connectivity index (χ0) is 10.6. The van der Waals surface area contributed by atoms with Gasteiger partial charge in [-0.15, -0.1) is 0 Å². The lowest BCUT2D eigenvalue weighted by molar-refractivity contribution is -0.131. The van der Waals surface area contributed by atoms with Crippen molar-refractivity contribution in [1.29, 1.82) is 0 Å². The maximum Gasteiger partial charge on any atom is 0.248 e. The van der Waals surface area contributed by atoms with Crippen molar-refractivity contribution in [3.05, 3.63) is 0 Å². The second kappa shape index (κ2) is 5.13. The molecular weight excluding hydrogens is 176 g/mol. The van der Waals surface area contributed by atoms with E-state index in [0.717, 1.165) is 31.4 Å². The van der Waals surface area contributed by atoms with Crippen molar-refractivity contribution in [2.75, 3.05) is 0 Å². The normalized spacial score (nSPS) is 16.7. The topological polar surface area (TPSA) is 32.7 Å². The number of hydrogen-bond donors (Lipinski definition) is 0. The summed E-state index contributed by atoms with van der Waals surface area (Å²) in [6.45, 7) is 6.33. The Hall–Kier alpha value is -0.860. The van der Waals surface area contributed by atoms with Crippen LogP contribution in [-0.4, -0.2) is 22.7 Å². The molecule has 3 nitrogen and oxygen atoms in total. The van der Waals surface area contributed by atoms with E-state index in [9.17, 15) is 4.79 Å². The molecule has 0 aromatic heterocycles. The third-order valence-electron chi connectivity index (χ3n) is 2.69. The van der Waals surface area contributed by atoms with Gasteiger partial charge in [0.15, 0.2) is 0 Å². The highest BCUT2D eigenvalue weighted by atomic mass is 16.2. The molecule has 1 heterocycles. The highest BCUT2D eigenvalue weighted by Crippen LogP contribution is 2.18. The van der Waals surface area contributed by atoms with Gasteiger partial charge < -0.3 is 0 Å². The van der Waals surface area contributed by atoms with Crippen molar-refractivity contribution in [3.8, 4) is 0 Å². The van der Waals surface area contributed by atoms with Crippen LogP contribution in [-0.2, 0) is 4.79 Å². The van der Waals surface area contributed by atoms with Crippen LogP contribution in [0.25, 0.3) is 0 Å². The summed E-state index contributed by atoms with van der Waals surface area (Å²) < 4.78 is 0. The Balaban J connectivity index is 2.64. The van der Waals surface area contributed by atoms with Crippen LogP contribution in [0.4, 0.5) is 0 Å². The van der Waals surface area contributed by atoms with Gasteiger partial charge in [0.1, 0.15) is 0 Å². The number of nitrogens with zero attached hydrogens (tertiary/aromatic N) is 2. The molecule has 1 rings (SSSR count). The number of amides is 1. The van der Waals surface area contributed by atoms with Crippen LogP contribution in [0.3, 0.4) is 0 Å². The molecule has 0 aromatic rings. The van der Waals surface area contributed by atoms with E-state index < -0.39 is 0 Å². The molecule has 14 heavy (non-hydrogen) atoms. The number of carbonyl (C=O) groups excluding carboxylic acids is 1. The fourth-order valence-corrected chi connectivity index (χ4v) is 1.85. The van der Waals surface area contributed by atoms with Crippen molar-refractivity contribution in [2.45, 2.75) is 58.9 Å². The van der Waals surface area contributed by atoms with Gasteiger partial charge in [0.05, 0.1) is 12.5 Å². The first-order valence-corrected chi connectivity index (χ1v) is 5.61. The van der Waals surface area contributed by atoms with Crippen molar-refractivity contribution in [1.82, 2.24) is 5.01 Å². The number of hydrogen-bond acceptors (Lipinski definition) is 2. The lowest BCUT2D eigenvalue weighted by Crippen LogP contribution is -2.31. The van der Waals surface area contributed by atoms with Gasteiger partial charge in [-0.25, -0.2) is 5.01 Å². The Bertz CT molecular complexity index is 231. The van der Waals surface area contributed by atoms with E-state index in [2.05, 4.69) is 25.9 Å². The summed E-state index contributed by atoms with van der Waals surface area (Å²) in [7, 11) is 0. The van der Waals surface area contributed by atoms with Crippen molar-refractivity contribution in [2.24, 2.45) is 5.10 Å². The van der Waals surface area contributed by atoms with Crippen molar-refractivity contribution < 1.29 is 4.79 Å². The minimum absolute atomic E-state index is 0.183. The molecule has 0 fully saturated rings. The van der Waals surface area contributed by atoms with Gasteiger partial charge in [0.2, 0.25) is 5.91 Å². The van der Waals surface area contributed by atoms with Crippen molar-refractivity contribution >= 4 is 11.6 Å². The second-order valence-corrected chi connectivity index (χ2v) is 3.80. The quantitative estimate of drug-likeness (QED) is 0.665. The van der Waals surface area contributed by atoms with Gasteiger partial charge >= 0.3 is 0 Å². The van der Waals surface area contributed by atoms with Crippen LogP contribution < -0.4 is 0 Å². The summed E-state index contributed by atoms with van der Waals surface area (Å²) in [4.78, 5) is 11.6. The lowest BCUT2D eigenvalue weighted by atomic mass is 10.1. The predicted octanol–water partition coefficient (Wildman–Crippen LogP) is 2.56. The van der Waals surface area contributed by atoms with Crippen LogP contribution in [0.1, 0.15) is 52.9 Å². The minimum atomic E-state index is 0.183. The van der Waals surface area contributed by atoms with E-state index in [1.807, 2.05) is 0 Å². The average Bonchev–Trinajstić information content (AvgIpc) is 2.51. The summed E-state index contributed by atoms with van der Waals surface area (Å²) >= 11 is 0. The molecule has 0 spiro atoms. The van der Waals surface area contributed by atoms with E-state index >= 15 is 0 Å². The van der Waals surface area contributed by atoms with E-state index in [4.69, 9.17) is 0 Å². The zero-order valence-electron chi connectivity index (χ0n) is 9.42. The second-order valence-electron chi connectivity index (χ2n) is 3.80. The first-order chi connectivity index (χ1) is 6.72. The molecule has 0 unspecified atom stereocenters. The average molecular weight is 196 g/mol. The molecule has 0 aliphatic carbocycles. The molecule has 3 heteroatoms. The Labute approximate surface area is 86.2 Å². The molecule has 80 valence electrons. The highest BCUT2D eigenvalue weighted by Gasteiger charge is 2.27. The van der Waals surface area contributed by atoms with E-state index in [-0.39, 0.29) is 5.91 Å². The standard InChI is InChI=1S/C11H20N2O/c1-4-7-9-8-11(14)13(12-9)10(5-2)6-3/h10H,4-8H2,1-3H3. The van der Waals surface area contributed by atoms with Gasteiger partial charge in [-0.1, -0.05) is 27.2 Å². The SMILES string of the molecule is CCCC1=NN(C(CC)CC)C(=O)C1. The Kier molecular flexibility index (Phi) is 4.11. The third-order valence-corrected chi connectivity index (χ3v) is 2.69. The summed E-state index contributed by atoms with van der Waals surface area (Å²) in [5.74, 6) is 0.183. The van der Waals surface area contributed by atoms with Gasteiger partial charge in [0, 0.05) is 5.71 Å². The van der Waals surface area contributed by atoms with Gasteiger partial charge in [0.25, 0.3) is 0 Å². The number of carbonyl (C=O) groups is 1. The molecule has 0 saturated carbocycles. The van der Waals surface area contributed by atoms with Crippen molar-refractivity contribution in [3.63, 3.8) is 0 Å². The summed E-state index contributed by atoms with van der Waals surface area (Å²) in [5.41, 5.74) is 1.06. The molecule has 1 aliphatic heterocycles. The van der Waals surface area contributed by atoms with E-state index in [0.29, 0.717) is 12.5 Å². The summed E-state index contributed by atoms with van der Waals surface area (Å²) in [6.07, 6.45) is 4.56. The minimum Gasteiger partial charge on any atom is -0.273 e. The molecular formula is C11H20N2O. The van der Waals surface area contributed by atoms with Gasteiger partial charge in [-0.3, -0.25) is 4.79 Å². The van der Waals surface area contributed by atoms with E-state index in [1.54, 1.807) is 5.01 Å². The zero-order valence-corrected chi connectivity index (χ0v) is 9.42. The first kappa shape index (κ1) is 11.2. The van der Waals surface area contributed by atoms with E-state index in [1.165, 1.54) is 0 Å². The third kappa shape index (κ3) is 2.34. The molecule has 1 aliphatic rings. The summed E-state index contributed by atoms with van der Waals surface area (Å²) in [6, 6.07) is 0.303. The molecule has 0 N–H and O–H groups in total. The molecule has 1 amide bonds. The van der Waals surface area contributed by atoms with Crippen LogP contribution in [0.2, 0.25) is 0 Å². The Morgan fingerprint density at radius 1 is 1.36 bits per heavy atom. The number of rotatable bonds is 5. The molecule has 0 atom stereocenters. The Morgan fingerprint density at radius 2 is 2.00 bits per heavy atom. The fourth-order valence-electron chi connectivity index (χ4n) is 1.85. The maximum absolute atomic E-state index is 11.6. The smallest absolute Gasteiger partial charge is 0.248 e. The predicted molar refractivity (Wildman–Crippen MR) is 58.2 cm³/mol. The van der Waals surface area contributed by atoms with Crippen LogP contribution in [0.5, 0.6) is 0 Å². The Morgan fingerprint density at radius 3 is 2.50 bits per heavy atom. The molecule has 0 radical (unpaired) electrons. The lowest BCUT2D eigenvalue weighted by Gasteiger charge is -2.21. The van der Waals surface area contributed by atoms with Gasteiger partial charge in [-0.2, -0.15) is 5.10 Å². The van der Waals surface area contributed by atoms with Crippen LogP contribution in [0, 0.1) is 0 Å². The first-order valence-electron chi connectivity index (χ1n) is 5.61. The highest BCUT2D eigenvalue weighted by molar-refractivity contribution is 6.04. The van der Waals surface area contributed by atoms with Gasteiger partial charge in [-0.05, 0) is 19.3 Å². The largest absolute Gasteiger partial charge is 0.273 e. The molecule has 0 bridgehead atoms. The summed E-state index contributed by atoms with van der Waals surface area (Å²) in [5, 5.41) is 6.10. The molecule has 0 saturated heterocycles. The van der Waals surface area contributed by atoms with Crippen LogP contribution >= 0.6 is 0 Å². The monoisotopic (exact) mass is 196 g/mol. The maximum atomic E-state index is 11.6. The molecule has 0 aromatic carbocycles. The van der Waals surface area contributed by atoms with Crippen LogP contribution in [0.15, 0.2) is 5.10 Å².